The normalized spacial score (nSPS) is 9.36. The van der Waals surface area contributed by atoms with Crippen LogP contribution in [0.5, 0.6) is 0 Å². The van der Waals surface area contributed by atoms with E-state index in [9.17, 15) is 9.18 Å². The third kappa shape index (κ3) is 2.79. The summed E-state index contributed by atoms with van der Waals surface area (Å²) in [5.74, 6) is -1.93. The predicted octanol–water partition coefficient (Wildman–Crippen LogP) is -0.0347. The fraction of sp³-hybridized carbons (Fsp3) is 0.222. The van der Waals surface area contributed by atoms with Gasteiger partial charge in [0, 0.05) is 0 Å². The van der Waals surface area contributed by atoms with Crippen molar-refractivity contribution in [1.29, 1.82) is 0 Å². The Bertz CT molecular complexity index is 360. The van der Waals surface area contributed by atoms with Gasteiger partial charge in [0.05, 0.1) is 10.0 Å². The molecular weight excluding hydrogens is 262 g/mol. The van der Waals surface area contributed by atoms with Crippen molar-refractivity contribution in [2.24, 2.45) is 0 Å². The minimum absolute atomic E-state index is 0. The molecule has 0 heterocycles. The molecule has 0 aromatic heterocycles. The van der Waals surface area contributed by atoms with Gasteiger partial charge in [-0.1, -0.05) is 13.0 Å². The summed E-state index contributed by atoms with van der Waals surface area (Å²) in [6.45, 7) is 1.79. The van der Waals surface area contributed by atoms with Gasteiger partial charge in [0.2, 0.25) is 0 Å². The molecule has 14 heavy (non-hydrogen) atoms. The van der Waals surface area contributed by atoms with Crippen molar-refractivity contribution in [3.05, 3.63) is 33.5 Å². The number of benzene rings is 1. The zero-order valence-electron chi connectivity index (χ0n) is 8.97. The van der Waals surface area contributed by atoms with Gasteiger partial charge in [-0.25, -0.2) is 9.18 Å². The third-order valence-electron chi connectivity index (χ3n) is 1.78. The van der Waals surface area contributed by atoms with E-state index in [1.165, 1.54) is 6.07 Å². The first-order valence-corrected chi connectivity index (χ1v) is 4.57. The van der Waals surface area contributed by atoms with Crippen molar-refractivity contribution in [1.82, 2.24) is 0 Å². The van der Waals surface area contributed by atoms with Gasteiger partial charge < -0.3 is 6.53 Å². The summed E-state index contributed by atoms with van der Waals surface area (Å²) in [7, 11) is 0. The Labute approximate surface area is 113 Å². The van der Waals surface area contributed by atoms with Crippen molar-refractivity contribution in [2.75, 3.05) is 0 Å². The standard InChI is InChI=1S/C9H8BrFO2.Na.H/c1-2-5-3-4-6(10)8(11)7(5)9(12)13;;/h3-4H,2H2,1H3,(H,12,13);;/q;+1;-1. The molecule has 0 aliphatic rings. The second-order valence-corrected chi connectivity index (χ2v) is 3.41. The van der Waals surface area contributed by atoms with Crippen LogP contribution in [0.25, 0.3) is 0 Å². The molecule has 0 fully saturated rings. The molecule has 1 aromatic carbocycles. The molecule has 1 N–H and O–H groups in total. The number of aromatic carboxylic acids is 1. The molecule has 0 saturated heterocycles. The maximum absolute atomic E-state index is 13.3. The van der Waals surface area contributed by atoms with Crippen molar-refractivity contribution in [3.8, 4) is 0 Å². The Kier molecular flexibility index (Phi) is 5.90. The topological polar surface area (TPSA) is 37.3 Å². The van der Waals surface area contributed by atoms with Gasteiger partial charge in [0.1, 0.15) is 0 Å². The Morgan fingerprint density at radius 2 is 2.21 bits per heavy atom. The molecule has 5 heteroatoms. The number of carboxylic acids is 1. The first-order valence-electron chi connectivity index (χ1n) is 3.78. The molecule has 0 aliphatic heterocycles. The number of carboxylic acid groups (broad SMARTS) is 1. The molecule has 1 aromatic rings. The average Bonchev–Trinajstić information content (AvgIpc) is 2.08. The fourth-order valence-electron chi connectivity index (χ4n) is 1.12. The molecule has 0 aliphatic carbocycles. The average molecular weight is 271 g/mol. The van der Waals surface area contributed by atoms with Gasteiger partial charge in [-0.05, 0) is 34.0 Å². The molecule has 1 rings (SSSR count). The van der Waals surface area contributed by atoms with Crippen LogP contribution in [-0.2, 0) is 6.42 Å². The maximum Gasteiger partial charge on any atom is 1.00 e. The van der Waals surface area contributed by atoms with Crippen LogP contribution in [0.2, 0.25) is 0 Å². The maximum atomic E-state index is 13.3. The molecule has 72 valence electrons. The second-order valence-electron chi connectivity index (χ2n) is 2.55. The fourth-order valence-corrected chi connectivity index (χ4v) is 1.45. The molecule has 0 unspecified atom stereocenters. The number of rotatable bonds is 2. The van der Waals surface area contributed by atoms with E-state index in [0.717, 1.165) is 0 Å². The van der Waals surface area contributed by atoms with Crippen LogP contribution in [-0.4, -0.2) is 11.1 Å². The van der Waals surface area contributed by atoms with E-state index < -0.39 is 11.8 Å². The van der Waals surface area contributed by atoms with Gasteiger partial charge in [-0.2, -0.15) is 0 Å². The molecule has 0 bridgehead atoms. The summed E-state index contributed by atoms with van der Waals surface area (Å²) in [6, 6.07) is 3.12. The first-order chi connectivity index (χ1) is 6.07. The number of hydrogen-bond donors (Lipinski definition) is 1. The number of aryl methyl sites for hydroxylation is 1. The largest absolute Gasteiger partial charge is 1.00 e. The van der Waals surface area contributed by atoms with Gasteiger partial charge in [0.15, 0.2) is 5.82 Å². The van der Waals surface area contributed by atoms with E-state index in [4.69, 9.17) is 5.11 Å². The van der Waals surface area contributed by atoms with Gasteiger partial charge in [-0.3, -0.25) is 0 Å². The van der Waals surface area contributed by atoms with Crippen LogP contribution < -0.4 is 29.6 Å². The molecule has 2 nitrogen and oxygen atoms in total. The van der Waals surface area contributed by atoms with E-state index in [1.54, 1.807) is 13.0 Å². The predicted molar refractivity (Wildman–Crippen MR) is 51.5 cm³/mol. The van der Waals surface area contributed by atoms with Crippen molar-refractivity contribution in [3.63, 3.8) is 0 Å². The number of carbonyl (C=O) groups is 1. The van der Waals surface area contributed by atoms with E-state index in [2.05, 4.69) is 15.9 Å². The quantitative estimate of drug-likeness (QED) is 0.767. The van der Waals surface area contributed by atoms with E-state index in [0.29, 0.717) is 12.0 Å². The monoisotopic (exact) mass is 270 g/mol. The van der Waals surface area contributed by atoms with E-state index in [-0.39, 0.29) is 41.0 Å². The van der Waals surface area contributed by atoms with Gasteiger partial charge in [0.25, 0.3) is 0 Å². The molecule has 0 amide bonds. The number of halogens is 2. The first kappa shape index (κ1) is 14.1. The summed E-state index contributed by atoms with van der Waals surface area (Å²) in [6.07, 6.45) is 0.506. The Balaban J connectivity index is 0. The Hall–Kier alpha value is 0.100. The summed E-state index contributed by atoms with van der Waals surface area (Å²) in [5.41, 5.74) is 0.269. The molecule has 0 spiro atoms. The smallest absolute Gasteiger partial charge is 1.00 e. The van der Waals surface area contributed by atoms with Crippen LogP contribution in [0, 0.1) is 5.82 Å². The summed E-state index contributed by atoms with van der Waals surface area (Å²) >= 11 is 2.94. The van der Waals surface area contributed by atoms with Crippen LogP contribution in [0.3, 0.4) is 0 Å². The molecular formula is C9H9BrFNaO2. The minimum atomic E-state index is -1.23. The van der Waals surface area contributed by atoms with Gasteiger partial charge in [-0.15, -0.1) is 0 Å². The number of hydrogen-bond acceptors (Lipinski definition) is 1. The minimum Gasteiger partial charge on any atom is -1.00 e. The van der Waals surface area contributed by atoms with Crippen LogP contribution in [0.4, 0.5) is 4.39 Å². The Morgan fingerprint density at radius 1 is 1.64 bits per heavy atom. The molecule has 0 saturated carbocycles. The summed E-state index contributed by atoms with van der Waals surface area (Å²) in [5, 5.41) is 8.74. The van der Waals surface area contributed by atoms with Crippen LogP contribution in [0.15, 0.2) is 16.6 Å². The summed E-state index contributed by atoms with van der Waals surface area (Å²) in [4.78, 5) is 10.7. The zero-order valence-corrected chi connectivity index (χ0v) is 11.6. The molecule has 0 atom stereocenters. The van der Waals surface area contributed by atoms with Crippen molar-refractivity contribution < 1.29 is 45.3 Å². The van der Waals surface area contributed by atoms with Crippen LogP contribution in [0.1, 0.15) is 24.3 Å². The van der Waals surface area contributed by atoms with E-state index in [1.807, 2.05) is 0 Å². The summed E-state index contributed by atoms with van der Waals surface area (Å²) < 4.78 is 13.5. The van der Waals surface area contributed by atoms with Crippen molar-refractivity contribution >= 4 is 21.9 Å². The van der Waals surface area contributed by atoms with Gasteiger partial charge >= 0.3 is 35.5 Å². The van der Waals surface area contributed by atoms with Crippen molar-refractivity contribution in [2.45, 2.75) is 13.3 Å². The Morgan fingerprint density at radius 3 is 2.64 bits per heavy atom. The van der Waals surface area contributed by atoms with Crippen LogP contribution >= 0.6 is 15.9 Å². The molecule has 0 radical (unpaired) electrons. The second kappa shape index (κ2) is 5.85. The zero-order chi connectivity index (χ0) is 10.0. The third-order valence-corrected chi connectivity index (χ3v) is 2.39. The SMILES string of the molecule is CCc1ccc(Br)c(F)c1C(=O)O.[H-].[Na+]. The van der Waals surface area contributed by atoms with E-state index >= 15 is 0 Å².